The van der Waals surface area contributed by atoms with Gasteiger partial charge in [-0.3, -0.25) is 39.0 Å². The molecule has 61 heavy (non-hydrogen) atoms. The molecular weight excluding hydrogens is 779 g/mol. The lowest BCUT2D eigenvalue weighted by molar-refractivity contribution is -0.136. The molecule has 3 aromatic carbocycles. The van der Waals surface area contributed by atoms with Crippen LogP contribution in [0.1, 0.15) is 105 Å². The van der Waals surface area contributed by atoms with Gasteiger partial charge >= 0.3 is 0 Å². The van der Waals surface area contributed by atoms with Gasteiger partial charge in [0.25, 0.3) is 11.8 Å². The van der Waals surface area contributed by atoms with Crippen molar-refractivity contribution in [2.75, 3.05) is 49.7 Å². The Morgan fingerprint density at radius 1 is 0.967 bits per heavy atom. The number of fused-ring (bicyclic) bond motifs is 5. The van der Waals surface area contributed by atoms with Crippen molar-refractivity contribution in [3.63, 3.8) is 0 Å². The number of aromatic nitrogens is 1. The fourth-order valence-electron chi connectivity index (χ4n) is 8.98. The molecule has 4 heterocycles. The highest BCUT2D eigenvalue weighted by molar-refractivity contribution is 6.25. The molecule has 1 unspecified atom stereocenters. The summed E-state index contributed by atoms with van der Waals surface area (Å²) < 4.78 is 11.1. The number of nitriles is 1. The van der Waals surface area contributed by atoms with Crippen LogP contribution in [0.4, 0.5) is 11.4 Å². The van der Waals surface area contributed by atoms with Crippen LogP contribution < -0.4 is 20.9 Å². The number of aryl methyl sites for hydroxylation is 1. The molecule has 4 N–H and O–H groups in total. The van der Waals surface area contributed by atoms with E-state index in [1.54, 1.807) is 24.3 Å². The molecule has 0 spiro atoms. The van der Waals surface area contributed by atoms with E-state index in [2.05, 4.69) is 64.8 Å². The number of anilines is 2. The molecule has 2 saturated heterocycles. The maximum atomic E-state index is 14.0. The van der Waals surface area contributed by atoms with Crippen molar-refractivity contribution in [1.29, 1.82) is 5.26 Å². The number of nitrogens with zero attached hydrogens (tertiary/aromatic N) is 3. The van der Waals surface area contributed by atoms with E-state index in [0.29, 0.717) is 23.4 Å². The fourth-order valence-corrected chi connectivity index (χ4v) is 8.98. The van der Waals surface area contributed by atoms with E-state index >= 15 is 0 Å². The summed E-state index contributed by atoms with van der Waals surface area (Å²) in [5.74, 6) is -2.50. The summed E-state index contributed by atoms with van der Waals surface area (Å²) in [6.45, 7) is 8.91. The minimum atomic E-state index is -1.04. The van der Waals surface area contributed by atoms with E-state index in [-0.39, 0.29) is 61.5 Å². The third-order valence-electron chi connectivity index (χ3n) is 12.2. The van der Waals surface area contributed by atoms with Crippen LogP contribution in [-0.4, -0.2) is 96.7 Å². The monoisotopic (exact) mass is 825 g/mol. The predicted molar refractivity (Wildman–Crippen MR) is 225 cm³/mol. The zero-order valence-electron chi connectivity index (χ0n) is 34.3. The summed E-state index contributed by atoms with van der Waals surface area (Å²) in [4.78, 5) is 83.8. The topological polar surface area (TPSA) is 203 Å². The zero-order chi connectivity index (χ0) is 43.0. The number of amides is 5. The fraction of sp³-hybridized carbons (Fsp3) is 0.370. The summed E-state index contributed by atoms with van der Waals surface area (Å²) >= 11 is 0. The number of piperidine rings is 2. The Labute approximate surface area is 352 Å². The molecule has 2 fully saturated rings. The van der Waals surface area contributed by atoms with Crippen molar-refractivity contribution < 1.29 is 38.2 Å². The smallest absolute Gasteiger partial charge is 0.264 e. The first-order valence-corrected chi connectivity index (χ1v) is 20.7. The normalized spacial score (nSPS) is 18.5. The first-order chi connectivity index (χ1) is 29.4. The van der Waals surface area contributed by atoms with E-state index in [1.807, 2.05) is 6.07 Å². The Bertz CT molecular complexity index is 2560. The Morgan fingerprint density at radius 2 is 1.77 bits per heavy atom. The van der Waals surface area contributed by atoms with Gasteiger partial charge in [0.2, 0.25) is 17.7 Å². The van der Waals surface area contributed by atoms with Crippen molar-refractivity contribution in [2.24, 2.45) is 0 Å². The van der Waals surface area contributed by atoms with Gasteiger partial charge in [0.15, 0.2) is 5.78 Å². The summed E-state index contributed by atoms with van der Waals surface area (Å²) in [5.41, 5.74) is 7.11. The van der Waals surface area contributed by atoms with Gasteiger partial charge in [-0.2, -0.15) is 5.26 Å². The lowest BCUT2D eigenvalue weighted by atomic mass is 9.70. The zero-order valence-corrected chi connectivity index (χ0v) is 34.3. The largest absolute Gasteiger partial charge is 0.499 e. The minimum absolute atomic E-state index is 0.00284. The highest BCUT2D eigenvalue weighted by atomic mass is 16.5. The number of benzene rings is 3. The number of imide groups is 2. The standard InChI is InChI=1S/C46H47N7O8/c1-4-27-23-31-32(46(2,3)42-40(41(31)56)29-9-8-26(25-47)22-34(29)50-42)24-36(27)52-16-12-28(13-17-52)49-38(55)14-18-60-20-21-61-19-15-48-33-7-5-6-30-39(33)45(59)53(44(30)58)35-10-11-37(54)51-43(35)57/h5-9,14,18,22-24,28,35,48,50H,4,10-13,15-17,19-21H2,1-3H3,(H,49,55)(H,51,54,57)/b18-14+. The van der Waals surface area contributed by atoms with Gasteiger partial charge in [0.05, 0.1) is 47.8 Å². The number of aromatic amines is 1. The van der Waals surface area contributed by atoms with Gasteiger partial charge < -0.3 is 30.0 Å². The molecular formula is C46H47N7O8. The molecule has 3 aliphatic heterocycles. The molecule has 0 bridgehead atoms. The van der Waals surface area contributed by atoms with Gasteiger partial charge in [0.1, 0.15) is 12.6 Å². The van der Waals surface area contributed by atoms with Crippen LogP contribution in [0.5, 0.6) is 0 Å². The number of ketones is 1. The third-order valence-corrected chi connectivity index (χ3v) is 12.2. The summed E-state index contributed by atoms with van der Waals surface area (Å²) in [5, 5.41) is 18.7. The second kappa shape index (κ2) is 16.7. The van der Waals surface area contributed by atoms with Crippen LogP contribution in [0, 0.1) is 11.3 Å². The van der Waals surface area contributed by atoms with Crippen LogP contribution in [0.15, 0.2) is 60.9 Å². The van der Waals surface area contributed by atoms with E-state index < -0.39 is 35.1 Å². The summed E-state index contributed by atoms with van der Waals surface area (Å²) in [7, 11) is 0. The molecule has 1 atom stereocenters. The number of hydrogen-bond donors (Lipinski definition) is 4. The Kier molecular flexibility index (Phi) is 11.2. The molecule has 0 saturated carbocycles. The number of carbonyl (C=O) groups is 6. The van der Waals surface area contributed by atoms with Crippen molar-refractivity contribution in [3.05, 3.63) is 106 Å². The molecule has 314 valence electrons. The van der Waals surface area contributed by atoms with Gasteiger partial charge in [-0.25, -0.2) is 0 Å². The van der Waals surface area contributed by atoms with Gasteiger partial charge in [-0.1, -0.05) is 32.9 Å². The number of nitrogens with one attached hydrogen (secondary N) is 4. The molecule has 1 aliphatic carbocycles. The Morgan fingerprint density at radius 3 is 2.52 bits per heavy atom. The average Bonchev–Trinajstić information content (AvgIpc) is 3.77. The van der Waals surface area contributed by atoms with Crippen LogP contribution >= 0.6 is 0 Å². The molecule has 4 aromatic rings. The number of H-pyrrole nitrogens is 1. The van der Waals surface area contributed by atoms with Crippen LogP contribution in [-0.2, 0) is 35.7 Å². The number of hydrogen-bond acceptors (Lipinski definition) is 11. The molecule has 4 aliphatic rings. The van der Waals surface area contributed by atoms with E-state index in [0.717, 1.165) is 76.2 Å². The Hall–Kier alpha value is -6.79. The number of carbonyl (C=O) groups excluding carboxylic acids is 6. The van der Waals surface area contributed by atoms with Crippen molar-refractivity contribution in [3.8, 4) is 6.07 Å². The van der Waals surface area contributed by atoms with Gasteiger partial charge in [0, 0.05) is 77.1 Å². The molecule has 1 aromatic heterocycles. The lowest BCUT2D eigenvalue weighted by Crippen LogP contribution is -2.54. The number of rotatable bonds is 13. The van der Waals surface area contributed by atoms with Gasteiger partial charge in [-0.05, 0) is 73.2 Å². The molecule has 0 radical (unpaired) electrons. The van der Waals surface area contributed by atoms with Crippen LogP contribution in [0.25, 0.3) is 10.9 Å². The maximum absolute atomic E-state index is 14.0. The average molecular weight is 826 g/mol. The lowest BCUT2D eigenvalue weighted by Gasteiger charge is -2.38. The van der Waals surface area contributed by atoms with Crippen LogP contribution in [0.2, 0.25) is 0 Å². The van der Waals surface area contributed by atoms with Gasteiger partial charge in [-0.15, -0.1) is 0 Å². The van der Waals surface area contributed by atoms with E-state index in [1.165, 1.54) is 18.4 Å². The molecule has 15 nitrogen and oxygen atoms in total. The molecule has 8 rings (SSSR count). The quantitative estimate of drug-likeness (QED) is 0.0634. The van der Waals surface area contributed by atoms with E-state index in [4.69, 9.17) is 9.47 Å². The first-order valence-electron chi connectivity index (χ1n) is 20.7. The SMILES string of the molecule is CCc1cc2c(cc1N1CCC(NC(=O)/C=C/OCCOCCNc3cccc4c3C(=O)N(C3CCC(=O)NC3=O)C4=O)CC1)C(C)(C)c1[nH]c3cc(C#N)ccc3c1C2=O. The molecule has 5 amide bonds. The third kappa shape index (κ3) is 7.63. The summed E-state index contributed by atoms with van der Waals surface area (Å²) in [6.07, 6.45) is 5.11. The second-order valence-electron chi connectivity index (χ2n) is 16.2. The summed E-state index contributed by atoms with van der Waals surface area (Å²) in [6, 6.07) is 15.7. The van der Waals surface area contributed by atoms with Crippen molar-refractivity contribution in [1.82, 2.24) is 20.5 Å². The van der Waals surface area contributed by atoms with Crippen LogP contribution in [0.3, 0.4) is 0 Å². The highest BCUT2D eigenvalue weighted by Crippen LogP contribution is 2.46. The predicted octanol–water partition coefficient (Wildman–Crippen LogP) is 4.62. The highest BCUT2D eigenvalue weighted by Gasteiger charge is 2.46. The van der Waals surface area contributed by atoms with Crippen molar-refractivity contribution >= 4 is 57.6 Å². The van der Waals surface area contributed by atoms with E-state index in [9.17, 15) is 34.0 Å². The minimum Gasteiger partial charge on any atom is -0.499 e. The second-order valence-corrected chi connectivity index (χ2v) is 16.2. The maximum Gasteiger partial charge on any atom is 0.264 e. The molecule has 15 heteroatoms. The first kappa shape index (κ1) is 41.0. The van der Waals surface area contributed by atoms with Crippen molar-refractivity contribution in [2.45, 2.75) is 70.4 Å². The Balaban J connectivity index is 0.775. The number of ether oxygens (including phenoxy) is 2.